The van der Waals surface area contributed by atoms with Crippen molar-refractivity contribution >= 4 is 28.9 Å². The topological polar surface area (TPSA) is 44.3 Å². The fraction of sp³-hybridized carbons (Fsp3) is 0.385. The van der Waals surface area contributed by atoms with Crippen LogP contribution in [0.3, 0.4) is 0 Å². The summed E-state index contributed by atoms with van der Waals surface area (Å²) in [6.07, 6.45) is 2.35. The van der Waals surface area contributed by atoms with Crippen molar-refractivity contribution in [2.75, 3.05) is 43.4 Å². The third-order valence-corrected chi connectivity index (χ3v) is 6.29. The first-order valence-electron chi connectivity index (χ1n) is 11.2. The summed E-state index contributed by atoms with van der Waals surface area (Å²) in [6, 6.07) is 17.1. The van der Waals surface area contributed by atoms with Crippen LogP contribution in [0.2, 0.25) is 5.02 Å². The molecule has 0 unspecified atom stereocenters. The van der Waals surface area contributed by atoms with Gasteiger partial charge in [-0.1, -0.05) is 56.6 Å². The maximum atomic E-state index is 6.43. The Bertz CT molecular complexity index is 1050. The molecule has 0 atom stereocenters. The van der Waals surface area contributed by atoms with Crippen molar-refractivity contribution in [1.82, 2.24) is 14.9 Å². The average Bonchev–Trinajstić information content (AvgIpc) is 2.77. The molecule has 2 heterocycles. The number of piperazine rings is 1. The molecule has 3 aromatic rings. The van der Waals surface area contributed by atoms with Gasteiger partial charge in [-0.2, -0.15) is 0 Å². The first-order valence-corrected chi connectivity index (χ1v) is 11.6. The minimum atomic E-state index is 0.106. The molecule has 0 bridgehead atoms. The van der Waals surface area contributed by atoms with Crippen LogP contribution in [0.25, 0.3) is 0 Å². The summed E-state index contributed by atoms with van der Waals surface area (Å²) in [5.74, 6) is 0.559. The lowest BCUT2D eigenvalue weighted by molar-refractivity contribution is 0.313. The summed E-state index contributed by atoms with van der Waals surface area (Å²) >= 11 is 6.43. The molecule has 0 radical (unpaired) electrons. The first-order chi connectivity index (χ1) is 15.3. The number of hydrogen-bond donors (Lipinski definition) is 1. The largest absolute Gasteiger partial charge is 0.369 e. The van der Waals surface area contributed by atoms with E-state index in [2.05, 4.69) is 96.5 Å². The number of nitrogens with zero attached hydrogens (tertiary/aromatic N) is 4. The van der Waals surface area contributed by atoms with Crippen LogP contribution in [0.1, 0.15) is 37.6 Å². The van der Waals surface area contributed by atoms with Crippen LogP contribution in [-0.2, 0) is 11.8 Å². The highest BCUT2D eigenvalue weighted by Crippen LogP contribution is 2.26. The highest BCUT2D eigenvalue weighted by Gasteiger charge is 2.16. The van der Waals surface area contributed by atoms with Crippen molar-refractivity contribution in [2.24, 2.45) is 0 Å². The summed E-state index contributed by atoms with van der Waals surface area (Å²) in [7, 11) is 2.17. The van der Waals surface area contributed by atoms with E-state index >= 15 is 0 Å². The lowest BCUT2D eigenvalue weighted by Gasteiger charge is -2.34. The Morgan fingerprint density at radius 2 is 1.72 bits per heavy atom. The van der Waals surface area contributed by atoms with Gasteiger partial charge in [-0.15, -0.1) is 0 Å². The molecule has 1 aliphatic rings. The van der Waals surface area contributed by atoms with Crippen molar-refractivity contribution in [3.8, 4) is 0 Å². The van der Waals surface area contributed by atoms with Gasteiger partial charge in [0, 0.05) is 44.0 Å². The summed E-state index contributed by atoms with van der Waals surface area (Å²) in [5.41, 5.74) is 5.64. The molecule has 0 saturated carbocycles. The molecule has 5 nitrogen and oxygen atoms in total. The molecule has 6 heteroatoms. The summed E-state index contributed by atoms with van der Waals surface area (Å²) in [4.78, 5) is 13.9. The van der Waals surface area contributed by atoms with E-state index in [4.69, 9.17) is 16.6 Å². The molecular formula is C26H32ClN5. The molecule has 1 N–H and O–H groups in total. The molecule has 0 spiro atoms. The number of anilines is 3. The quantitative estimate of drug-likeness (QED) is 0.556. The lowest BCUT2D eigenvalue weighted by Crippen LogP contribution is -2.44. The van der Waals surface area contributed by atoms with Crippen LogP contribution in [-0.4, -0.2) is 48.1 Å². The highest BCUT2D eigenvalue weighted by molar-refractivity contribution is 6.31. The van der Waals surface area contributed by atoms with Gasteiger partial charge in [-0.25, -0.2) is 9.97 Å². The third-order valence-electron chi connectivity index (χ3n) is 5.97. The third kappa shape index (κ3) is 5.59. The lowest BCUT2D eigenvalue weighted by atomic mass is 9.86. The van der Waals surface area contributed by atoms with E-state index in [1.165, 1.54) is 16.8 Å². The molecule has 0 amide bonds. The van der Waals surface area contributed by atoms with Crippen molar-refractivity contribution in [3.63, 3.8) is 0 Å². The van der Waals surface area contributed by atoms with Gasteiger partial charge in [-0.3, -0.25) is 0 Å². The predicted molar refractivity (Wildman–Crippen MR) is 134 cm³/mol. The summed E-state index contributed by atoms with van der Waals surface area (Å²) < 4.78 is 0. The van der Waals surface area contributed by atoms with Gasteiger partial charge < -0.3 is 15.1 Å². The molecule has 168 valence electrons. The minimum absolute atomic E-state index is 0.106. The number of likely N-dealkylation sites (N-methyl/N-ethyl adjacent to an activating group) is 1. The van der Waals surface area contributed by atoms with E-state index in [1.54, 1.807) is 6.20 Å². The SMILES string of the molecule is CN1CCN(c2ccc(Nc3ncc(Cl)c(Cc4cccc(C(C)(C)C)c4)n3)cc2)CC1. The predicted octanol–water partition coefficient (Wildman–Crippen LogP) is 5.51. The van der Waals surface area contributed by atoms with Gasteiger partial charge in [-0.05, 0) is 47.9 Å². The van der Waals surface area contributed by atoms with E-state index in [0.29, 0.717) is 17.4 Å². The summed E-state index contributed by atoms with van der Waals surface area (Å²) in [5, 5.41) is 3.91. The average molecular weight is 450 g/mol. The zero-order valence-corrected chi connectivity index (χ0v) is 20.2. The Morgan fingerprint density at radius 3 is 2.41 bits per heavy atom. The molecule has 0 aliphatic carbocycles. The van der Waals surface area contributed by atoms with Crippen LogP contribution in [0, 0.1) is 0 Å². The highest BCUT2D eigenvalue weighted by atomic mass is 35.5. The minimum Gasteiger partial charge on any atom is -0.369 e. The van der Waals surface area contributed by atoms with E-state index in [-0.39, 0.29) is 5.41 Å². The number of rotatable bonds is 5. The fourth-order valence-electron chi connectivity index (χ4n) is 3.88. The van der Waals surface area contributed by atoms with E-state index in [0.717, 1.165) is 37.6 Å². The number of halogens is 1. The Morgan fingerprint density at radius 1 is 1.00 bits per heavy atom. The van der Waals surface area contributed by atoms with Crippen molar-refractivity contribution < 1.29 is 0 Å². The van der Waals surface area contributed by atoms with Crippen LogP contribution in [0.4, 0.5) is 17.3 Å². The van der Waals surface area contributed by atoms with Crippen LogP contribution < -0.4 is 10.2 Å². The number of nitrogens with one attached hydrogen (secondary N) is 1. The number of hydrogen-bond acceptors (Lipinski definition) is 5. The molecule has 32 heavy (non-hydrogen) atoms. The Hall–Kier alpha value is -2.63. The maximum absolute atomic E-state index is 6.43. The van der Waals surface area contributed by atoms with Crippen LogP contribution in [0.15, 0.2) is 54.7 Å². The maximum Gasteiger partial charge on any atom is 0.227 e. The zero-order valence-electron chi connectivity index (χ0n) is 19.4. The molecule has 1 saturated heterocycles. The normalized spacial score (nSPS) is 15.1. The van der Waals surface area contributed by atoms with Crippen LogP contribution >= 0.6 is 11.6 Å². The summed E-state index contributed by atoms with van der Waals surface area (Å²) in [6.45, 7) is 11.0. The van der Waals surface area contributed by atoms with Gasteiger partial charge in [0.25, 0.3) is 0 Å². The van der Waals surface area contributed by atoms with Crippen molar-refractivity contribution in [2.45, 2.75) is 32.6 Å². The Kier molecular flexibility index (Phi) is 6.68. The molecule has 1 aromatic heterocycles. The second-order valence-corrected chi connectivity index (χ2v) is 9.98. The molecule has 1 aliphatic heterocycles. The van der Waals surface area contributed by atoms with Gasteiger partial charge in [0.05, 0.1) is 16.9 Å². The van der Waals surface area contributed by atoms with Gasteiger partial charge in [0.2, 0.25) is 5.95 Å². The second kappa shape index (κ2) is 9.47. The van der Waals surface area contributed by atoms with Crippen molar-refractivity contribution in [1.29, 1.82) is 0 Å². The fourth-order valence-corrected chi connectivity index (χ4v) is 4.03. The van der Waals surface area contributed by atoms with Gasteiger partial charge in [0.15, 0.2) is 0 Å². The van der Waals surface area contributed by atoms with Gasteiger partial charge in [0.1, 0.15) is 0 Å². The standard InChI is InChI=1S/C26H32ClN5/c1-26(2,3)20-7-5-6-19(16-20)17-24-23(27)18-28-25(30-24)29-21-8-10-22(11-9-21)32-14-12-31(4)13-15-32/h5-11,16,18H,12-15,17H2,1-4H3,(H,28,29,30). The zero-order chi connectivity index (χ0) is 22.7. The molecule has 1 fully saturated rings. The second-order valence-electron chi connectivity index (χ2n) is 9.58. The monoisotopic (exact) mass is 449 g/mol. The van der Waals surface area contributed by atoms with E-state index in [1.807, 2.05) is 0 Å². The molecule has 4 rings (SSSR count). The Labute approximate surface area is 196 Å². The smallest absolute Gasteiger partial charge is 0.227 e. The van der Waals surface area contributed by atoms with Gasteiger partial charge >= 0.3 is 0 Å². The Balaban J connectivity index is 1.46. The number of aromatic nitrogens is 2. The van der Waals surface area contributed by atoms with Crippen molar-refractivity contribution in [3.05, 3.63) is 76.6 Å². The van der Waals surface area contributed by atoms with Crippen LogP contribution in [0.5, 0.6) is 0 Å². The first kappa shape index (κ1) is 22.6. The van der Waals surface area contributed by atoms with E-state index < -0.39 is 0 Å². The number of benzene rings is 2. The molecular weight excluding hydrogens is 418 g/mol. The molecule has 2 aromatic carbocycles. The van der Waals surface area contributed by atoms with E-state index in [9.17, 15) is 0 Å².